The number of guanidine groups is 1. The molecule has 0 aromatic heterocycles. The number of rotatable bonds is 6. The van der Waals surface area contributed by atoms with Gasteiger partial charge < -0.3 is 20.9 Å². The Labute approximate surface area is 177 Å². The molecule has 1 aliphatic rings. The smallest absolute Gasteiger partial charge is 0.242 e. The van der Waals surface area contributed by atoms with Crippen LogP contribution in [0.5, 0.6) is 0 Å². The van der Waals surface area contributed by atoms with Crippen LogP contribution in [-0.2, 0) is 4.79 Å². The van der Waals surface area contributed by atoms with Gasteiger partial charge in [-0.25, -0.2) is 4.99 Å². The van der Waals surface area contributed by atoms with Crippen molar-refractivity contribution in [2.24, 2.45) is 10.9 Å². The molecule has 154 valence electrons. The molecule has 1 aliphatic carbocycles. The molecule has 6 nitrogen and oxygen atoms in total. The average Bonchev–Trinajstić information content (AvgIpc) is 2.48. The standard InChI is InChI=1S/C19H39N5O.HI/c1-8-20-17(21-13-16(25)23-18(3,4)5)22-14-19(24(6)7)11-9-10-15(2)12-19;/h15H,8-14H2,1-7H3,(H,23,25)(H2,20,21,22);1H. The lowest BCUT2D eigenvalue weighted by atomic mass is 9.75. The predicted molar refractivity (Wildman–Crippen MR) is 121 cm³/mol. The van der Waals surface area contributed by atoms with Gasteiger partial charge in [-0.05, 0) is 60.5 Å². The van der Waals surface area contributed by atoms with Crippen molar-refractivity contribution >= 4 is 35.8 Å². The molecule has 0 aromatic carbocycles. The Morgan fingerprint density at radius 1 is 1.27 bits per heavy atom. The molecule has 0 heterocycles. The zero-order chi connectivity index (χ0) is 19.1. The van der Waals surface area contributed by atoms with Crippen LogP contribution in [0, 0.1) is 5.92 Å². The number of hydrogen-bond donors (Lipinski definition) is 3. The van der Waals surface area contributed by atoms with Crippen LogP contribution >= 0.6 is 24.0 Å². The molecule has 2 atom stereocenters. The lowest BCUT2D eigenvalue weighted by Gasteiger charge is -2.45. The highest BCUT2D eigenvalue weighted by Crippen LogP contribution is 2.35. The van der Waals surface area contributed by atoms with Gasteiger partial charge in [0.05, 0.1) is 0 Å². The van der Waals surface area contributed by atoms with Crippen LogP contribution in [0.3, 0.4) is 0 Å². The highest BCUT2D eigenvalue weighted by molar-refractivity contribution is 14.0. The first-order valence-electron chi connectivity index (χ1n) is 9.58. The van der Waals surface area contributed by atoms with Crippen molar-refractivity contribution in [3.8, 4) is 0 Å². The van der Waals surface area contributed by atoms with E-state index in [0.29, 0.717) is 5.96 Å². The van der Waals surface area contributed by atoms with Gasteiger partial charge in [-0.15, -0.1) is 24.0 Å². The number of halogens is 1. The molecule has 0 aliphatic heterocycles. The SMILES string of the molecule is CCNC(=NCC(=O)NC(C)(C)C)NCC1(N(C)C)CCCC(C)C1.I. The molecule has 26 heavy (non-hydrogen) atoms. The Kier molecular flexibility index (Phi) is 11.1. The van der Waals surface area contributed by atoms with E-state index in [2.05, 4.69) is 46.9 Å². The summed E-state index contributed by atoms with van der Waals surface area (Å²) in [5.74, 6) is 1.40. The van der Waals surface area contributed by atoms with Crippen LogP contribution in [0.1, 0.15) is 60.3 Å². The van der Waals surface area contributed by atoms with E-state index in [1.807, 2.05) is 27.7 Å². The van der Waals surface area contributed by atoms with Crippen LogP contribution in [-0.4, -0.2) is 61.6 Å². The van der Waals surface area contributed by atoms with Crippen molar-refractivity contribution in [2.75, 3.05) is 33.7 Å². The fourth-order valence-corrected chi connectivity index (χ4v) is 3.56. The third-order valence-electron chi connectivity index (χ3n) is 4.84. The average molecular weight is 481 g/mol. The summed E-state index contributed by atoms with van der Waals surface area (Å²) in [4.78, 5) is 18.8. The number of likely N-dealkylation sites (N-methyl/N-ethyl adjacent to an activating group) is 1. The van der Waals surface area contributed by atoms with Crippen molar-refractivity contribution < 1.29 is 4.79 Å². The van der Waals surface area contributed by atoms with E-state index in [9.17, 15) is 4.79 Å². The molecule has 0 spiro atoms. The first-order valence-corrected chi connectivity index (χ1v) is 9.58. The molecule has 0 bridgehead atoms. The number of nitrogens with zero attached hydrogens (tertiary/aromatic N) is 2. The Morgan fingerprint density at radius 2 is 1.92 bits per heavy atom. The van der Waals surface area contributed by atoms with Crippen molar-refractivity contribution in [2.45, 2.75) is 71.4 Å². The van der Waals surface area contributed by atoms with E-state index in [0.717, 1.165) is 19.0 Å². The summed E-state index contributed by atoms with van der Waals surface area (Å²) in [6.07, 6.45) is 4.97. The van der Waals surface area contributed by atoms with Crippen LogP contribution < -0.4 is 16.0 Å². The maximum atomic E-state index is 12.0. The molecule has 7 heteroatoms. The summed E-state index contributed by atoms with van der Waals surface area (Å²) >= 11 is 0. The van der Waals surface area contributed by atoms with Gasteiger partial charge in [0.1, 0.15) is 6.54 Å². The lowest BCUT2D eigenvalue weighted by molar-refractivity contribution is -0.121. The van der Waals surface area contributed by atoms with Gasteiger partial charge in [0.15, 0.2) is 5.96 Å². The molecule has 2 unspecified atom stereocenters. The number of carbonyl (C=O) groups is 1. The van der Waals surface area contributed by atoms with Gasteiger partial charge in [0.25, 0.3) is 0 Å². The van der Waals surface area contributed by atoms with Crippen molar-refractivity contribution in [1.82, 2.24) is 20.9 Å². The number of carbonyl (C=O) groups excluding carboxylic acids is 1. The highest BCUT2D eigenvalue weighted by Gasteiger charge is 2.36. The topological polar surface area (TPSA) is 68.8 Å². The van der Waals surface area contributed by atoms with Crippen molar-refractivity contribution in [3.05, 3.63) is 0 Å². The zero-order valence-electron chi connectivity index (χ0n) is 17.7. The van der Waals surface area contributed by atoms with Gasteiger partial charge in [-0.2, -0.15) is 0 Å². The molecule has 1 saturated carbocycles. The van der Waals surface area contributed by atoms with Crippen LogP contribution in [0.4, 0.5) is 0 Å². The Morgan fingerprint density at radius 3 is 2.42 bits per heavy atom. The first-order chi connectivity index (χ1) is 11.6. The maximum absolute atomic E-state index is 12.0. The van der Waals surface area contributed by atoms with E-state index in [-0.39, 0.29) is 47.5 Å². The number of aliphatic imine (C=N–C) groups is 1. The molecule has 0 saturated heterocycles. The van der Waals surface area contributed by atoms with E-state index in [1.165, 1.54) is 25.7 Å². The summed E-state index contributed by atoms with van der Waals surface area (Å²) in [5, 5.41) is 9.66. The fourth-order valence-electron chi connectivity index (χ4n) is 3.56. The molecule has 0 radical (unpaired) electrons. The van der Waals surface area contributed by atoms with E-state index >= 15 is 0 Å². The van der Waals surface area contributed by atoms with Crippen LogP contribution in [0.2, 0.25) is 0 Å². The second kappa shape index (κ2) is 11.3. The van der Waals surface area contributed by atoms with Gasteiger partial charge >= 0.3 is 0 Å². The summed E-state index contributed by atoms with van der Waals surface area (Å²) in [6, 6.07) is 0. The second-order valence-electron chi connectivity index (χ2n) is 8.67. The van der Waals surface area contributed by atoms with E-state index in [1.54, 1.807) is 0 Å². The number of hydrogen-bond acceptors (Lipinski definition) is 3. The molecule has 3 N–H and O–H groups in total. The minimum atomic E-state index is -0.231. The molecule has 1 rings (SSSR count). The van der Waals surface area contributed by atoms with Crippen LogP contribution in [0.15, 0.2) is 4.99 Å². The second-order valence-corrected chi connectivity index (χ2v) is 8.67. The fraction of sp³-hybridized carbons (Fsp3) is 0.895. The zero-order valence-corrected chi connectivity index (χ0v) is 20.1. The lowest BCUT2D eigenvalue weighted by Crippen LogP contribution is -2.56. The third-order valence-corrected chi connectivity index (χ3v) is 4.84. The van der Waals surface area contributed by atoms with Gasteiger partial charge in [0, 0.05) is 24.2 Å². The minimum Gasteiger partial charge on any atom is -0.357 e. The summed E-state index contributed by atoms with van der Waals surface area (Å²) < 4.78 is 0. The summed E-state index contributed by atoms with van der Waals surface area (Å²) in [7, 11) is 4.33. The highest BCUT2D eigenvalue weighted by atomic mass is 127. The normalized spacial score (nSPS) is 24.0. The van der Waals surface area contributed by atoms with Crippen molar-refractivity contribution in [3.63, 3.8) is 0 Å². The van der Waals surface area contributed by atoms with Gasteiger partial charge in [-0.3, -0.25) is 4.79 Å². The molecule has 0 aromatic rings. The van der Waals surface area contributed by atoms with Gasteiger partial charge in [-0.1, -0.05) is 19.8 Å². The molecular formula is C19H40IN5O. The number of amides is 1. The monoisotopic (exact) mass is 481 g/mol. The Balaban J connectivity index is 0.00000625. The van der Waals surface area contributed by atoms with Crippen LogP contribution in [0.25, 0.3) is 0 Å². The maximum Gasteiger partial charge on any atom is 0.242 e. The largest absolute Gasteiger partial charge is 0.357 e. The van der Waals surface area contributed by atoms with E-state index < -0.39 is 0 Å². The molecule has 1 amide bonds. The Bertz CT molecular complexity index is 461. The summed E-state index contributed by atoms with van der Waals surface area (Å²) in [6.45, 7) is 12.1. The first kappa shape index (κ1) is 25.4. The minimum absolute atomic E-state index is 0. The van der Waals surface area contributed by atoms with Gasteiger partial charge in [0.2, 0.25) is 5.91 Å². The summed E-state index contributed by atoms with van der Waals surface area (Å²) in [5.41, 5.74) is -0.0763. The molecule has 1 fully saturated rings. The molecular weight excluding hydrogens is 441 g/mol. The van der Waals surface area contributed by atoms with Crippen molar-refractivity contribution in [1.29, 1.82) is 0 Å². The predicted octanol–water partition coefficient (Wildman–Crippen LogP) is 2.58. The third kappa shape index (κ3) is 8.88. The quantitative estimate of drug-likeness (QED) is 0.310. The number of nitrogens with one attached hydrogen (secondary N) is 3. The van der Waals surface area contributed by atoms with E-state index in [4.69, 9.17) is 0 Å². The Hall–Kier alpha value is -0.570.